The van der Waals surface area contributed by atoms with Gasteiger partial charge in [-0.25, -0.2) is 4.98 Å². The van der Waals surface area contributed by atoms with Crippen molar-refractivity contribution in [2.45, 2.75) is 51.3 Å². The van der Waals surface area contributed by atoms with Gasteiger partial charge in [0.25, 0.3) is 0 Å². The van der Waals surface area contributed by atoms with Gasteiger partial charge in [-0.1, -0.05) is 42.3 Å². The molecule has 0 unspecified atom stereocenters. The van der Waals surface area contributed by atoms with Gasteiger partial charge in [0.05, 0.1) is 16.7 Å². The Kier molecular flexibility index (Phi) is 8.95. The van der Waals surface area contributed by atoms with E-state index >= 15 is 0 Å². The number of aliphatic hydroxyl groups is 1. The van der Waals surface area contributed by atoms with Crippen molar-refractivity contribution >= 4 is 23.2 Å². The molecule has 0 aliphatic carbocycles. The number of halogens is 2. The quantitative estimate of drug-likeness (QED) is 0.334. The first kappa shape index (κ1) is 25.8. The van der Waals surface area contributed by atoms with Crippen molar-refractivity contribution in [3.8, 4) is 11.5 Å². The maximum Gasteiger partial charge on any atom is 0.121 e. The van der Waals surface area contributed by atoms with E-state index < -0.39 is 5.60 Å². The highest BCUT2D eigenvalue weighted by molar-refractivity contribution is 6.42. The fourth-order valence-corrected chi connectivity index (χ4v) is 4.62. The summed E-state index contributed by atoms with van der Waals surface area (Å²) in [5, 5.41) is 11.9. The van der Waals surface area contributed by atoms with Gasteiger partial charge in [-0.15, -0.1) is 0 Å². The lowest BCUT2D eigenvalue weighted by atomic mass is 9.92. The SMILES string of the molecule is CCc1nccn1CCCOc1cccc(CN2CCC(O)(COc3ccc(Cl)c(Cl)c3)CC2)c1. The molecule has 1 N–H and O–H groups in total. The summed E-state index contributed by atoms with van der Waals surface area (Å²) in [6.45, 7) is 6.37. The molecule has 3 aromatic rings. The van der Waals surface area contributed by atoms with Crippen LogP contribution >= 0.6 is 23.2 Å². The Morgan fingerprint density at radius 1 is 1.03 bits per heavy atom. The van der Waals surface area contributed by atoms with E-state index in [1.807, 2.05) is 24.5 Å². The van der Waals surface area contributed by atoms with Crippen molar-refractivity contribution < 1.29 is 14.6 Å². The van der Waals surface area contributed by atoms with Gasteiger partial charge in [0, 0.05) is 51.1 Å². The summed E-state index contributed by atoms with van der Waals surface area (Å²) >= 11 is 12.0. The first-order valence-corrected chi connectivity index (χ1v) is 12.9. The van der Waals surface area contributed by atoms with E-state index in [0.29, 0.717) is 35.2 Å². The number of aromatic nitrogens is 2. The van der Waals surface area contributed by atoms with Crippen molar-refractivity contribution in [1.29, 1.82) is 0 Å². The van der Waals surface area contributed by atoms with Crippen LogP contribution in [0.4, 0.5) is 0 Å². The number of likely N-dealkylation sites (tertiary alicyclic amines) is 1. The minimum atomic E-state index is -0.847. The third kappa shape index (κ3) is 7.37. The van der Waals surface area contributed by atoms with E-state index in [-0.39, 0.29) is 6.61 Å². The van der Waals surface area contributed by atoms with E-state index in [9.17, 15) is 5.11 Å². The molecule has 0 atom stereocenters. The van der Waals surface area contributed by atoms with Crippen LogP contribution < -0.4 is 9.47 Å². The highest BCUT2D eigenvalue weighted by atomic mass is 35.5. The molecule has 0 amide bonds. The molecular formula is C27H33Cl2N3O3. The van der Waals surface area contributed by atoms with E-state index in [1.54, 1.807) is 18.2 Å². The molecule has 1 fully saturated rings. The summed E-state index contributed by atoms with van der Waals surface area (Å²) in [5.74, 6) is 2.62. The number of benzene rings is 2. The summed E-state index contributed by atoms with van der Waals surface area (Å²) in [6.07, 6.45) is 7.06. The summed E-state index contributed by atoms with van der Waals surface area (Å²) in [7, 11) is 0. The largest absolute Gasteiger partial charge is 0.494 e. The Morgan fingerprint density at radius 2 is 1.83 bits per heavy atom. The number of imidazole rings is 1. The number of hydrogen-bond acceptors (Lipinski definition) is 5. The number of piperidine rings is 1. The lowest BCUT2D eigenvalue weighted by molar-refractivity contribution is -0.0537. The van der Waals surface area contributed by atoms with Crippen molar-refractivity contribution in [3.63, 3.8) is 0 Å². The zero-order valence-electron chi connectivity index (χ0n) is 20.1. The van der Waals surface area contributed by atoms with Crippen LogP contribution in [0.25, 0.3) is 0 Å². The highest BCUT2D eigenvalue weighted by Crippen LogP contribution is 2.29. The fourth-order valence-electron chi connectivity index (χ4n) is 4.33. The Bertz CT molecular complexity index is 1100. The van der Waals surface area contributed by atoms with Crippen LogP contribution in [0.3, 0.4) is 0 Å². The average Bonchev–Trinajstić information content (AvgIpc) is 3.32. The second-order valence-electron chi connectivity index (χ2n) is 9.10. The maximum absolute atomic E-state index is 11.0. The highest BCUT2D eigenvalue weighted by Gasteiger charge is 2.33. The van der Waals surface area contributed by atoms with Crippen LogP contribution in [0.1, 0.15) is 37.6 Å². The number of nitrogens with zero attached hydrogens (tertiary/aromatic N) is 3. The lowest BCUT2D eigenvalue weighted by Gasteiger charge is -2.38. The van der Waals surface area contributed by atoms with Crippen molar-refractivity contribution in [1.82, 2.24) is 14.5 Å². The normalized spacial score (nSPS) is 15.8. The first-order chi connectivity index (χ1) is 16.9. The zero-order chi connectivity index (χ0) is 24.7. The Hall–Kier alpha value is -2.25. The molecule has 2 heterocycles. The molecule has 4 rings (SSSR count). The molecule has 1 saturated heterocycles. The van der Waals surface area contributed by atoms with Gasteiger partial charge in [0.15, 0.2) is 0 Å². The molecule has 0 radical (unpaired) electrons. The minimum absolute atomic E-state index is 0.237. The van der Waals surface area contributed by atoms with Gasteiger partial charge in [0.1, 0.15) is 29.5 Å². The average molecular weight is 518 g/mol. The van der Waals surface area contributed by atoms with Crippen LogP contribution in [0.2, 0.25) is 10.0 Å². The number of rotatable bonds is 11. The molecule has 0 spiro atoms. The molecule has 0 saturated carbocycles. The summed E-state index contributed by atoms with van der Waals surface area (Å²) in [6, 6.07) is 13.4. The van der Waals surface area contributed by atoms with Crippen molar-refractivity contribution in [2.75, 3.05) is 26.3 Å². The van der Waals surface area contributed by atoms with Gasteiger partial charge >= 0.3 is 0 Å². The number of ether oxygens (including phenoxy) is 2. The lowest BCUT2D eigenvalue weighted by Crippen LogP contribution is -2.47. The van der Waals surface area contributed by atoms with E-state index in [4.69, 9.17) is 32.7 Å². The van der Waals surface area contributed by atoms with Crippen LogP contribution in [-0.2, 0) is 19.5 Å². The molecule has 1 aromatic heterocycles. The second-order valence-corrected chi connectivity index (χ2v) is 9.92. The predicted octanol–water partition coefficient (Wildman–Crippen LogP) is 5.63. The third-order valence-electron chi connectivity index (χ3n) is 6.42. The monoisotopic (exact) mass is 517 g/mol. The second kappa shape index (κ2) is 12.1. The molecular weight excluding hydrogens is 485 g/mol. The molecule has 0 bridgehead atoms. The minimum Gasteiger partial charge on any atom is -0.494 e. The van der Waals surface area contributed by atoms with E-state index in [2.05, 4.69) is 33.5 Å². The molecule has 2 aromatic carbocycles. The summed E-state index contributed by atoms with van der Waals surface area (Å²) < 4.78 is 14.0. The fraction of sp³-hybridized carbons (Fsp3) is 0.444. The van der Waals surface area contributed by atoms with Crippen LogP contribution in [-0.4, -0.2) is 51.5 Å². The standard InChI is InChI=1S/C27H33Cl2N3O3/c1-2-26-30-11-15-32(26)12-4-16-34-22-6-3-5-21(17-22)19-31-13-9-27(33,10-14-31)20-35-23-7-8-24(28)25(29)18-23/h3,5-8,11,15,17-18,33H,2,4,9-10,12-14,16,19-20H2,1H3. The van der Waals surface area contributed by atoms with E-state index in [1.165, 1.54) is 5.56 Å². The van der Waals surface area contributed by atoms with Crippen LogP contribution in [0.15, 0.2) is 54.9 Å². The molecule has 1 aliphatic heterocycles. The summed E-state index contributed by atoms with van der Waals surface area (Å²) in [4.78, 5) is 6.72. The van der Waals surface area contributed by atoms with Gasteiger partial charge in [0.2, 0.25) is 0 Å². The van der Waals surface area contributed by atoms with Gasteiger partial charge in [-0.05, 0) is 49.1 Å². The van der Waals surface area contributed by atoms with Gasteiger partial charge < -0.3 is 19.1 Å². The molecule has 35 heavy (non-hydrogen) atoms. The number of hydrogen-bond donors (Lipinski definition) is 1. The topological polar surface area (TPSA) is 59.8 Å². The Morgan fingerprint density at radius 3 is 2.60 bits per heavy atom. The van der Waals surface area contributed by atoms with Gasteiger partial charge in [-0.3, -0.25) is 4.90 Å². The molecule has 8 heteroatoms. The molecule has 6 nitrogen and oxygen atoms in total. The van der Waals surface area contributed by atoms with Crippen molar-refractivity contribution in [2.24, 2.45) is 0 Å². The Balaban J connectivity index is 1.20. The van der Waals surface area contributed by atoms with E-state index in [0.717, 1.165) is 50.6 Å². The molecule has 188 valence electrons. The van der Waals surface area contributed by atoms with Crippen LogP contribution in [0, 0.1) is 0 Å². The third-order valence-corrected chi connectivity index (χ3v) is 7.16. The van der Waals surface area contributed by atoms with Crippen molar-refractivity contribution in [3.05, 3.63) is 76.3 Å². The Labute approximate surface area is 217 Å². The maximum atomic E-state index is 11.0. The van der Waals surface area contributed by atoms with Crippen LogP contribution in [0.5, 0.6) is 11.5 Å². The molecule has 1 aliphatic rings. The number of aryl methyl sites for hydroxylation is 2. The zero-order valence-corrected chi connectivity index (χ0v) is 21.6. The van der Waals surface area contributed by atoms with Gasteiger partial charge in [-0.2, -0.15) is 0 Å². The smallest absolute Gasteiger partial charge is 0.121 e. The summed E-state index contributed by atoms with van der Waals surface area (Å²) in [5.41, 5.74) is 0.364. The predicted molar refractivity (Wildman–Crippen MR) is 140 cm³/mol. The first-order valence-electron chi connectivity index (χ1n) is 12.2.